The Bertz CT molecular complexity index is 851. The van der Waals surface area contributed by atoms with E-state index in [1.807, 2.05) is 43.0 Å². The highest BCUT2D eigenvalue weighted by atomic mass is 16.5. The number of hydrogen-bond acceptors (Lipinski definition) is 4. The second-order valence-corrected chi connectivity index (χ2v) is 9.50. The molecule has 2 saturated heterocycles. The Labute approximate surface area is 192 Å². The molecule has 0 bridgehead atoms. The Kier molecular flexibility index (Phi) is 7.37. The van der Waals surface area contributed by atoms with Crippen LogP contribution >= 0.6 is 0 Å². The van der Waals surface area contributed by atoms with Crippen LogP contribution in [0.1, 0.15) is 69.7 Å². The van der Waals surface area contributed by atoms with E-state index in [2.05, 4.69) is 25.2 Å². The van der Waals surface area contributed by atoms with Crippen LogP contribution < -0.4 is 4.74 Å². The van der Waals surface area contributed by atoms with E-state index in [4.69, 9.17) is 14.2 Å². The van der Waals surface area contributed by atoms with Crippen molar-refractivity contribution in [3.05, 3.63) is 53.6 Å². The van der Waals surface area contributed by atoms with Crippen LogP contribution in [0.25, 0.3) is 0 Å². The van der Waals surface area contributed by atoms with E-state index in [0.717, 1.165) is 50.9 Å². The van der Waals surface area contributed by atoms with Gasteiger partial charge >= 0.3 is 0 Å². The molecule has 174 valence electrons. The molecule has 0 saturated carbocycles. The van der Waals surface area contributed by atoms with Crippen LogP contribution in [0.15, 0.2) is 48.1 Å². The van der Waals surface area contributed by atoms with E-state index in [1.54, 1.807) is 0 Å². The predicted octanol–water partition coefficient (Wildman–Crippen LogP) is 5.31. The third kappa shape index (κ3) is 5.44. The van der Waals surface area contributed by atoms with Gasteiger partial charge in [0.1, 0.15) is 5.75 Å². The van der Waals surface area contributed by atoms with E-state index in [0.29, 0.717) is 18.7 Å². The standard InChI is InChI=1S/C27H37NO4/c1-4-30-24-18-25(21-9-6-5-7-10-21)32-27(19-24)13-15-28(16-14-27)26(29)22-11-8-12-23(17-22)31-20(2)3/h5-6,8-9,11-12,17,20,24-25H,4,7,10,13-16,18-19H2,1-3H3. The van der Waals surface area contributed by atoms with Gasteiger partial charge in [-0.05, 0) is 70.2 Å². The van der Waals surface area contributed by atoms with Gasteiger partial charge < -0.3 is 19.1 Å². The number of hydrogen-bond donors (Lipinski definition) is 0. The molecular formula is C27H37NO4. The molecule has 1 amide bonds. The van der Waals surface area contributed by atoms with Gasteiger partial charge in [0.2, 0.25) is 0 Å². The molecule has 0 radical (unpaired) electrons. The third-order valence-corrected chi connectivity index (χ3v) is 6.75. The lowest BCUT2D eigenvalue weighted by Gasteiger charge is -2.49. The van der Waals surface area contributed by atoms with Crippen molar-refractivity contribution >= 4 is 5.91 Å². The van der Waals surface area contributed by atoms with E-state index < -0.39 is 0 Å². The molecule has 2 fully saturated rings. The van der Waals surface area contributed by atoms with Crippen molar-refractivity contribution in [3.8, 4) is 5.75 Å². The highest BCUT2D eigenvalue weighted by molar-refractivity contribution is 5.94. The Hall–Kier alpha value is -2.11. The number of amides is 1. The van der Waals surface area contributed by atoms with Crippen LogP contribution in [0, 0.1) is 0 Å². The van der Waals surface area contributed by atoms with Crippen molar-refractivity contribution in [2.45, 2.75) is 83.2 Å². The van der Waals surface area contributed by atoms with Gasteiger partial charge in [0.25, 0.3) is 5.91 Å². The molecule has 1 spiro atoms. The Balaban J connectivity index is 1.43. The first kappa shape index (κ1) is 23.1. The number of rotatable bonds is 6. The second-order valence-electron chi connectivity index (χ2n) is 9.50. The van der Waals surface area contributed by atoms with E-state index in [1.165, 1.54) is 5.57 Å². The normalized spacial score (nSPS) is 25.1. The molecule has 2 heterocycles. The summed E-state index contributed by atoms with van der Waals surface area (Å²) in [5, 5.41) is 0. The fourth-order valence-corrected chi connectivity index (χ4v) is 5.21. The van der Waals surface area contributed by atoms with E-state index in [-0.39, 0.29) is 29.8 Å². The Morgan fingerprint density at radius 3 is 2.78 bits per heavy atom. The average Bonchev–Trinajstić information content (AvgIpc) is 2.79. The quantitative estimate of drug-likeness (QED) is 0.603. The number of benzene rings is 1. The molecule has 1 aromatic carbocycles. The number of piperidine rings is 1. The SMILES string of the molecule is CCOC1CC(C2=CC=CCC2)OC2(CCN(C(=O)c3cccc(OC(C)C)c3)CC2)C1. The molecule has 32 heavy (non-hydrogen) atoms. The first-order valence-electron chi connectivity index (χ1n) is 12.2. The maximum absolute atomic E-state index is 13.2. The summed E-state index contributed by atoms with van der Waals surface area (Å²) >= 11 is 0. The summed E-state index contributed by atoms with van der Waals surface area (Å²) in [4.78, 5) is 15.1. The number of carbonyl (C=O) groups excluding carboxylic acids is 1. The molecule has 1 aromatic rings. The summed E-state index contributed by atoms with van der Waals surface area (Å²) in [7, 11) is 0. The molecule has 5 nitrogen and oxygen atoms in total. The summed E-state index contributed by atoms with van der Waals surface area (Å²) in [6, 6.07) is 7.53. The highest BCUT2D eigenvalue weighted by Gasteiger charge is 2.45. The molecule has 2 atom stereocenters. The average molecular weight is 440 g/mol. The van der Waals surface area contributed by atoms with Crippen molar-refractivity contribution in [1.82, 2.24) is 4.90 Å². The molecule has 2 aliphatic heterocycles. The minimum absolute atomic E-state index is 0.0721. The first-order chi connectivity index (χ1) is 15.5. The third-order valence-electron chi connectivity index (χ3n) is 6.75. The summed E-state index contributed by atoms with van der Waals surface area (Å²) in [6.45, 7) is 8.19. The highest BCUT2D eigenvalue weighted by Crippen LogP contribution is 2.41. The first-order valence-corrected chi connectivity index (χ1v) is 12.2. The van der Waals surface area contributed by atoms with Gasteiger partial charge in [0, 0.05) is 38.1 Å². The smallest absolute Gasteiger partial charge is 0.253 e. The number of allylic oxidation sites excluding steroid dienone is 3. The van der Waals surface area contributed by atoms with Gasteiger partial charge in [-0.25, -0.2) is 0 Å². The zero-order valence-corrected chi connectivity index (χ0v) is 19.7. The van der Waals surface area contributed by atoms with Crippen LogP contribution in [0.4, 0.5) is 0 Å². The summed E-state index contributed by atoms with van der Waals surface area (Å²) < 4.78 is 18.7. The van der Waals surface area contributed by atoms with Crippen LogP contribution in [-0.2, 0) is 9.47 Å². The molecule has 1 aliphatic carbocycles. The minimum atomic E-state index is -0.204. The lowest BCUT2D eigenvalue weighted by atomic mass is 9.80. The van der Waals surface area contributed by atoms with E-state index in [9.17, 15) is 4.79 Å². The van der Waals surface area contributed by atoms with E-state index >= 15 is 0 Å². The summed E-state index contributed by atoms with van der Waals surface area (Å²) in [5.74, 6) is 0.815. The molecule has 0 aromatic heterocycles. The van der Waals surface area contributed by atoms with Gasteiger partial charge in [0.15, 0.2) is 0 Å². The Morgan fingerprint density at radius 2 is 2.09 bits per heavy atom. The lowest BCUT2D eigenvalue weighted by molar-refractivity contribution is -0.178. The topological polar surface area (TPSA) is 48.0 Å². The van der Waals surface area contributed by atoms with Gasteiger partial charge in [-0.2, -0.15) is 0 Å². The van der Waals surface area contributed by atoms with Crippen molar-refractivity contribution in [2.24, 2.45) is 0 Å². The molecule has 5 heteroatoms. The number of ether oxygens (including phenoxy) is 3. The summed E-state index contributed by atoms with van der Waals surface area (Å²) in [6.07, 6.45) is 12.7. The van der Waals surface area contributed by atoms with Gasteiger partial charge in [-0.1, -0.05) is 24.3 Å². The minimum Gasteiger partial charge on any atom is -0.491 e. The summed E-state index contributed by atoms with van der Waals surface area (Å²) in [5.41, 5.74) is 1.87. The molecule has 4 rings (SSSR count). The number of likely N-dealkylation sites (tertiary alicyclic amines) is 1. The molecule has 0 N–H and O–H groups in total. The van der Waals surface area contributed by atoms with Crippen molar-refractivity contribution < 1.29 is 19.0 Å². The van der Waals surface area contributed by atoms with Gasteiger partial charge in [0.05, 0.1) is 23.9 Å². The van der Waals surface area contributed by atoms with Crippen LogP contribution in [0.2, 0.25) is 0 Å². The maximum Gasteiger partial charge on any atom is 0.253 e. The zero-order chi connectivity index (χ0) is 22.6. The second kappa shape index (κ2) is 10.2. The van der Waals surface area contributed by atoms with Gasteiger partial charge in [-0.3, -0.25) is 4.79 Å². The van der Waals surface area contributed by atoms with Gasteiger partial charge in [-0.15, -0.1) is 0 Å². The number of carbonyl (C=O) groups is 1. The maximum atomic E-state index is 13.2. The lowest BCUT2D eigenvalue weighted by Crippen LogP contribution is -2.54. The van der Waals surface area contributed by atoms with Crippen LogP contribution in [0.5, 0.6) is 5.75 Å². The largest absolute Gasteiger partial charge is 0.491 e. The van der Waals surface area contributed by atoms with Crippen LogP contribution in [0.3, 0.4) is 0 Å². The van der Waals surface area contributed by atoms with Crippen LogP contribution in [-0.4, -0.2) is 54.4 Å². The molecule has 2 unspecified atom stereocenters. The number of nitrogens with zero attached hydrogens (tertiary/aromatic N) is 1. The monoisotopic (exact) mass is 439 g/mol. The fourth-order valence-electron chi connectivity index (χ4n) is 5.21. The van der Waals surface area contributed by atoms with Crippen molar-refractivity contribution in [3.63, 3.8) is 0 Å². The zero-order valence-electron chi connectivity index (χ0n) is 19.7. The molecular weight excluding hydrogens is 402 g/mol. The van der Waals surface area contributed by atoms with Crippen molar-refractivity contribution in [1.29, 1.82) is 0 Å². The predicted molar refractivity (Wildman–Crippen MR) is 126 cm³/mol. The fraction of sp³-hybridized carbons (Fsp3) is 0.593. The molecule has 3 aliphatic rings. The Morgan fingerprint density at radius 1 is 1.28 bits per heavy atom. The van der Waals surface area contributed by atoms with Crippen molar-refractivity contribution in [2.75, 3.05) is 19.7 Å².